The summed E-state index contributed by atoms with van der Waals surface area (Å²) in [6.07, 6.45) is -1.17. The van der Waals surface area contributed by atoms with E-state index in [9.17, 15) is 27.2 Å². The monoisotopic (exact) mass is 517 g/mol. The second kappa shape index (κ2) is 9.99. The van der Waals surface area contributed by atoms with Gasteiger partial charge < -0.3 is 20.9 Å². The molecule has 0 spiro atoms. The first kappa shape index (κ1) is 25.8. The topological polar surface area (TPSA) is 112 Å². The molecule has 1 aliphatic rings. The summed E-state index contributed by atoms with van der Waals surface area (Å²) in [7, 11) is 3.53. The van der Waals surface area contributed by atoms with Crippen molar-refractivity contribution in [1.29, 1.82) is 0 Å². The summed E-state index contributed by atoms with van der Waals surface area (Å²) in [6.45, 7) is 0.0443. The van der Waals surface area contributed by atoms with Crippen LogP contribution in [-0.4, -0.2) is 46.6 Å². The lowest BCUT2D eigenvalue weighted by Gasteiger charge is -2.18. The quantitative estimate of drug-likeness (QED) is 0.393. The van der Waals surface area contributed by atoms with Gasteiger partial charge in [0.2, 0.25) is 5.91 Å². The Kier molecular flexibility index (Phi) is 6.96. The van der Waals surface area contributed by atoms with Gasteiger partial charge in [0.25, 0.3) is 5.91 Å². The fourth-order valence-electron chi connectivity index (χ4n) is 3.48. The minimum Gasteiger partial charge on any atom is -0.361 e. The van der Waals surface area contributed by atoms with Gasteiger partial charge in [-0.25, -0.2) is 4.39 Å². The Hall–Kier alpha value is -4.29. The van der Waals surface area contributed by atoms with E-state index in [1.54, 1.807) is 25.1 Å². The Morgan fingerprint density at radius 2 is 1.84 bits per heavy atom. The molecule has 1 aromatic carbocycles. The van der Waals surface area contributed by atoms with Crippen LogP contribution in [0.2, 0.25) is 0 Å². The van der Waals surface area contributed by atoms with Crippen LogP contribution in [0.25, 0.3) is 0 Å². The van der Waals surface area contributed by atoms with E-state index in [1.165, 1.54) is 24.5 Å². The van der Waals surface area contributed by atoms with Crippen LogP contribution in [0.3, 0.4) is 0 Å². The molecule has 0 bridgehead atoms. The van der Waals surface area contributed by atoms with E-state index < -0.39 is 29.0 Å². The van der Waals surface area contributed by atoms with Crippen LogP contribution in [-0.2, 0) is 17.5 Å². The third-order valence-electron chi connectivity index (χ3n) is 5.72. The minimum absolute atomic E-state index is 0.0443. The maximum absolute atomic E-state index is 13.3. The van der Waals surface area contributed by atoms with Crippen molar-refractivity contribution in [1.82, 2.24) is 25.8 Å². The van der Waals surface area contributed by atoms with Gasteiger partial charge in [-0.2, -0.15) is 18.3 Å². The molecule has 0 unspecified atom stereocenters. The zero-order valence-corrected chi connectivity index (χ0v) is 19.9. The number of carbonyl (C=O) groups is 2. The van der Waals surface area contributed by atoms with Crippen LogP contribution in [0.4, 0.5) is 34.8 Å². The molecule has 1 fully saturated rings. The van der Waals surface area contributed by atoms with Crippen LogP contribution in [0, 0.1) is 5.82 Å². The molecular formula is C24H23F4N7O2. The lowest BCUT2D eigenvalue weighted by Crippen LogP contribution is -2.48. The van der Waals surface area contributed by atoms with E-state index in [4.69, 9.17) is 0 Å². The fraction of sp³-hybridized carbons (Fsp3) is 0.292. The van der Waals surface area contributed by atoms with Crippen molar-refractivity contribution >= 4 is 29.0 Å². The number of hydrogen-bond donors (Lipinski definition) is 3. The van der Waals surface area contributed by atoms with Gasteiger partial charge >= 0.3 is 6.18 Å². The molecule has 0 aliphatic heterocycles. The second-order valence-electron chi connectivity index (χ2n) is 8.77. The van der Waals surface area contributed by atoms with E-state index >= 15 is 0 Å². The van der Waals surface area contributed by atoms with Crippen LogP contribution in [0.5, 0.6) is 0 Å². The molecular weight excluding hydrogens is 494 g/mol. The fourth-order valence-corrected chi connectivity index (χ4v) is 3.48. The number of hydrogen-bond acceptors (Lipinski definition) is 7. The lowest BCUT2D eigenvalue weighted by molar-refractivity contribution is -0.137. The number of amides is 2. The number of nitrogens with zero attached hydrogens (tertiary/aromatic N) is 4. The van der Waals surface area contributed by atoms with Crippen LogP contribution >= 0.6 is 0 Å². The summed E-state index contributed by atoms with van der Waals surface area (Å²) in [4.78, 5) is 31.3. The van der Waals surface area contributed by atoms with Crippen LogP contribution < -0.4 is 20.9 Å². The average molecular weight is 517 g/mol. The Labute approximate surface area is 209 Å². The van der Waals surface area contributed by atoms with Crippen molar-refractivity contribution in [3.63, 3.8) is 0 Å². The van der Waals surface area contributed by atoms with E-state index in [-0.39, 0.29) is 29.4 Å². The summed E-state index contributed by atoms with van der Waals surface area (Å²) in [6, 6.07) is 6.93. The van der Waals surface area contributed by atoms with E-state index in [1.807, 2.05) is 0 Å². The predicted molar refractivity (Wildman–Crippen MR) is 127 cm³/mol. The number of alkyl halides is 3. The molecule has 37 heavy (non-hydrogen) atoms. The molecule has 2 amide bonds. The van der Waals surface area contributed by atoms with Gasteiger partial charge in [-0.3, -0.25) is 14.6 Å². The van der Waals surface area contributed by atoms with Gasteiger partial charge in [-0.05, 0) is 49.2 Å². The summed E-state index contributed by atoms with van der Waals surface area (Å²) in [5.74, 6) is -1.32. The van der Waals surface area contributed by atoms with Gasteiger partial charge in [0, 0.05) is 14.1 Å². The highest BCUT2D eigenvalue weighted by atomic mass is 19.4. The number of carbonyl (C=O) groups excluding carboxylic acids is 2. The minimum atomic E-state index is -4.74. The van der Waals surface area contributed by atoms with Gasteiger partial charge in [0.1, 0.15) is 11.4 Å². The molecule has 4 rings (SSSR count). The first-order valence-electron chi connectivity index (χ1n) is 11.2. The number of aromatic nitrogens is 3. The molecule has 0 saturated heterocycles. The van der Waals surface area contributed by atoms with Crippen molar-refractivity contribution in [3.8, 4) is 0 Å². The van der Waals surface area contributed by atoms with Crippen molar-refractivity contribution in [2.24, 2.45) is 0 Å². The zero-order chi connectivity index (χ0) is 26.8. The number of halogens is 4. The van der Waals surface area contributed by atoms with E-state index in [0.29, 0.717) is 30.4 Å². The first-order valence-corrected chi connectivity index (χ1v) is 11.2. The highest BCUT2D eigenvalue weighted by molar-refractivity contribution is 6.00. The van der Waals surface area contributed by atoms with Crippen molar-refractivity contribution in [2.45, 2.75) is 31.1 Å². The van der Waals surface area contributed by atoms with E-state index in [0.717, 1.165) is 12.1 Å². The molecule has 13 heteroatoms. The van der Waals surface area contributed by atoms with Gasteiger partial charge in [-0.1, -0.05) is 0 Å². The Morgan fingerprint density at radius 3 is 2.46 bits per heavy atom. The number of rotatable bonds is 8. The Balaban J connectivity index is 1.35. The van der Waals surface area contributed by atoms with E-state index in [2.05, 4.69) is 31.1 Å². The molecule has 2 aromatic heterocycles. The standard InChI is InChI=1S/C24H23F4N7O2/c1-35(2)20-9-14(11-31-34-20)21(36)33-23(7-8-23)22(37)30-12-16-4-5-17(13-29-16)32-19-6-3-15(25)10-18(19)24(26,27)28/h3-6,9-11,13,32H,7-8,12H2,1-2H3,(H,30,37)(H,33,36). The lowest BCUT2D eigenvalue weighted by atomic mass is 10.1. The second-order valence-corrected chi connectivity index (χ2v) is 8.77. The maximum atomic E-state index is 13.3. The first-order chi connectivity index (χ1) is 17.5. The zero-order valence-electron chi connectivity index (χ0n) is 19.9. The number of pyridine rings is 1. The van der Waals surface area contributed by atoms with Crippen LogP contribution in [0.15, 0.2) is 48.8 Å². The summed E-state index contributed by atoms with van der Waals surface area (Å²) >= 11 is 0. The van der Waals surface area contributed by atoms with Crippen molar-refractivity contribution in [2.75, 3.05) is 24.3 Å². The van der Waals surface area contributed by atoms with Crippen molar-refractivity contribution < 1.29 is 27.2 Å². The Morgan fingerprint density at radius 1 is 1.08 bits per heavy atom. The Bertz CT molecular complexity index is 1310. The number of anilines is 3. The molecule has 0 atom stereocenters. The van der Waals surface area contributed by atoms with Gasteiger partial charge in [-0.15, -0.1) is 5.10 Å². The SMILES string of the molecule is CN(C)c1cc(C(=O)NC2(C(=O)NCc3ccc(Nc4ccc(F)cc4C(F)(F)F)cn3)CC2)cnn1. The molecule has 194 valence electrons. The number of nitrogens with one attached hydrogen (secondary N) is 3. The molecule has 3 N–H and O–H groups in total. The summed E-state index contributed by atoms with van der Waals surface area (Å²) in [5.41, 5.74) is -1.51. The molecule has 9 nitrogen and oxygen atoms in total. The molecule has 1 saturated carbocycles. The maximum Gasteiger partial charge on any atom is 0.418 e. The summed E-state index contributed by atoms with van der Waals surface area (Å²) in [5, 5.41) is 15.8. The van der Waals surface area contributed by atoms with Crippen LogP contribution in [0.1, 0.15) is 34.5 Å². The largest absolute Gasteiger partial charge is 0.418 e. The predicted octanol–water partition coefficient (Wildman–Crippen LogP) is 3.42. The molecule has 0 radical (unpaired) electrons. The highest BCUT2D eigenvalue weighted by Crippen LogP contribution is 2.37. The number of benzene rings is 1. The molecule has 3 aromatic rings. The average Bonchev–Trinajstić information content (AvgIpc) is 3.64. The van der Waals surface area contributed by atoms with Gasteiger partial charge in [0.05, 0.1) is 47.1 Å². The normalized spacial score (nSPS) is 14.0. The third-order valence-corrected chi connectivity index (χ3v) is 5.72. The summed E-state index contributed by atoms with van der Waals surface area (Å²) < 4.78 is 52.9. The smallest absolute Gasteiger partial charge is 0.361 e. The van der Waals surface area contributed by atoms with Gasteiger partial charge in [0.15, 0.2) is 5.82 Å². The van der Waals surface area contributed by atoms with Crippen molar-refractivity contribution in [3.05, 3.63) is 71.4 Å². The third kappa shape index (κ3) is 6.11. The highest BCUT2D eigenvalue weighted by Gasteiger charge is 2.51. The molecule has 2 heterocycles. The molecule has 1 aliphatic carbocycles.